The first-order chi connectivity index (χ1) is 7.19. The average molecular weight is 203 g/mol. The van der Waals surface area contributed by atoms with Crippen LogP contribution in [0.3, 0.4) is 0 Å². The third-order valence-electron chi connectivity index (χ3n) is 4.06. The van der Waals surface area contributed by atoms with Gasteiger partial charge in [-0.15, -0.1) is 0 Å². The van der Waals surface area contributed by atoms with E-state index in [0.717, 1.165) is 13.0 Å². The Labute approximate surface area is 90.3 Å². The van der Waals surface area contributed by atoms with Crippen LogP contribution in [0.25, 0.3) is 0 Å². The van der Waals surface area contributed by atoms with Gasteiger partial charge >= 0.3 is 0 Å². The predicted octanol–water partition coefficient (Wildman–Crippen LogP) is 1.96. The van der Waals surface area contributed by atoms with Crippen LogP contribution < -0.4 is 5.32 Å². The van der Waals surface area contributed by atoms with Crippen molar-refractivity contribution in [3.8, 4) is 5.75 Å². The minimum Gasteiger partial charge on any atom is -0.508 e. The van der Waals surface area contributed by atoms with Gasteiger partial charge < -0.3 is 10.4 Å². The Morgan fingerprint density at radius 3 is 3.20 bits per heavy atom. The van der Waals surface area contributed by atoms with Crippen LogP contribution in [0.15, 0.2) is 18.2 Å². The van der Waals surface area contributed by atoms with E-state index in [1.807, 2.05) is 12.1 Å². The fraction of sp³-hybridized carbons (Fsp3) is 0.538. The molecule has 0 amide bonds. The van der Waals surface area contributed by atoms with E-state index >= 15 is 0 Å². The first-order valence-electron chi connectivity index (χ1n) is 5.74. The second-order valence-corrected chi connectivity index (χ2v) is 5.17. The fourth-order valence-corrected chi connectivity index (χ4v) is 3.26. The van der Waals surface area contributed by atoms with Gasteiger partial charge in [0.25, 0.3) is 0 Å². The van der Waals surface area contributed by atoms with Crippen molar-refractivity contribution < 1.29 is 5.11 Å². The lowest BCUT2D eigenvalue weighted by Gasteiger charge is -2.45. The van der Waals surface area contributed by atoms with Crippen LogP contribution >= 0.6 is 0 Å². The van der Waals surface area contributed by atoms with Crippen molar-refractivity contribution in [3.05, 3.63) is 29.3 Å². The maximum Gasteiger partial charge on any atom is 0.119 e. The number of nitrogens with one attached hydrogen (secondary N) is 1. The van der Waals surface area contributed by atoms with Crippen LogP contribution in [-0.4, -0.2) is 17.7 Å². The summed E-state index contributed by atoms with van der Waals surface area (Å²) in [5, 5.41) is 13.4. The summed E-state index contributed by atoms with van der Waals surface area (Å²) in [6.07, 6.45) is 3.38. The molecule has 0 radical (unpaired) electrons. The Balaban J connectivity index is 2.17. The molecule has 2 atom stereocenters. The number of hydrogen-bond acceptors (Lipinski definition) is 2. The minimum absolute atomic E-state index is 0.280. The number of rotatable bonds is 0. The van der Waals surface area contributed by atoms with Crippen LogP contribution in [0.2, 0.25) is 0 Å². The molecule has 1 aromatic rings. The lowest BCUT2D eigenvalue weighted by Crippen LogP contribution is -2.49. The summed E-state index contributed by atoms with van der Waals surface area (Å²) in [4.78, 5) is 0. The molecule has 1 heterocycles. The Bertz CT molecular complexity index is 402. The molecule has 15 heavy (non-hydrogen) atoms. The minimum atomic E-state index is 0.280. The van der Waals surface area contributed by atoms with E-state index < -0.39 is 0 Å². The van der Waals surface area contributed by atoms with Crippen LogP contribution in [-0.2, 0) is 11.8 Å². The van der Waals surface area contributed by atoms with Gasteiger partial charge in [-0.05, 0) is 48.4 Å². The molecule has 2 nitrogen and oxygen atoms in total. The third kappa shape index (κ3) is 1.28. The second-order valence-electron chi connectivity index (χ2n) is 5.17. The highest BCUT2D eigenvalue weighted by Crippen LogP contribution is 2.44. The molecule has 1 aliphatic carbocycles. The van der Waals surface area contributed by atoms with Crippen LogP contribution in [0.5, 0.6) is 5.75 Å². The molecular formula is C13H17NO. The molecule has 0 aromatic heterocycles. The standard InChI is InChI=1S/C13H17NO/c1-13-5-6-14-9(8-13)7-10-11(13)3-2-4-12(10)15/h2-4,9,14-15H,5-8H2,1H3/t9-,13+/m1/s1. The van der Waals surface area contributed by atoms with Crippen LogP contribution in [0.1, 0.15) is 30.9 Å². The van der Waals surface area contributed by atoms with E-state index in [2.05, 4.69) is 18.3 Å². The molecule has 0 saturated carbocycles. The van der Waals surface area contributed by atoms with E-state index in [0.29, 0.717) is 11.8 Å². The second kappa shape index (κ2) is 2.99. The van der Waals surface area contributed by atoms with E-state index in [4.69, 9.17) is 0 Å². The highest BCUT2D eigenvalue weighted by Gasteiger charge is 2.39. The maximum atomic E-state index is 9.90. The van der Waals surface area contributed by atoms with Gasteiger partial charge in [0.15, 0.2) is 0 Å². The molecule has 2 bridgehead atoms. The van der Waals surface area contributed by atoms with Gasteiger partial charge in [-0.3, -0.25) is 0 Å². The molecule has 1 saturated heterocycles. The van der Waals surface area contributed by atoms with Crippen molar-refractivity contribution in [2.75, 3.05) is 6.54 Å². The van der Waals surface area contributed by atoms with Crippen molar-refractivity contribution in [2.45, 2.75) is 37.6 Å². The fourth-order valence-electron chi connectivity index (χ4n) is 3.26. The first kappa shape index (κ1) is 9.22. The SMILES string of the molecule is C[C@@]12CCN[C@H](Cc3c(O)cccc31)C2. The number of phenols is 1. The summed E-state index contributed by atoms with van der Waals surface area (Å²) in [6.45, 7) is 3.44. The zero-order valence-corrected chi connectivity index (χ0v) is 9.09. The highest BCUT2D eigenvalue weighted by atomic mass is 16.3. The molecule has 1 aromatic carbocycles. The summed E-state index contributed by atoms with van der Waals surface area (Å²) >= 11 is 0. The van der Waals surface area contributed by atoms with Crippen molar-refractivity contribution in [3.63, 3.8) is 0 Å². The lowest BCUT2D eigenvalue weighted by atomic mass is 9.65. The van der Waals surface area contributed by atoms with Crippen molar-refractivity contribution in [1.82, 2.24) is 5.32 Å². The van der Waals surface area contributed by atoms with Crippen LogP contribution in [0, 0.1) is 0 Å². The van der Waals surface area contributed by atoms with E-state index in [1.165, 1.54) is 24.0 Å². The van der Waals surface area contributed by atoms with Gasteiger partial charge in [-0.25, -0.2) is 0 Å². The molecule has 0 unspecified atom stereocenters. The molecular weight excluding hydrogens is 186 g/mol. The van der Waals surface area contributed by atoms with Gasteiger partial charge in [0.1, 0.15) is 5.75 Å². The molecule has 3 rings (SSSR count). The van der Waals surface area contributed by atoms with Crippen molar-refractivity contribution >= 4 is 0 Å². The number of piperidine rings is 1. The Kier molecular flexibility index (Phi) is 1.84. The summed E-state index contributed by atoms with van der Waals surface area (Å²) in [5.41, 5.74) is 2.83. The zero-order valence-electron chi connectivity index (χ0n) is 9.09. The van der Waals surface area contributed by atoms with Gasteiger partial charge in [-0.1, -0.05) is 19.1 Å². The summed E-state index contributed by atoms with van der Waals surface area (Å²) < 4.78 is 0. The Hall–Kier alpha value is -1.02. The highest BCUT2D eigenvalue weighted by molar-refractivity contribution is 5.46. The largest absolute Gasteiger partial charge is 0.508 e. The van der Waals surface area contributed by atoms with E-state index in [-0.39, 0.29) is 5.41 Å². The van der Waals surface area contributed by atoms with E-state index in [1.54, 1.807) is 0 Å². The topological polar surface area (TPSA) is 32.3 Å². The smallest absolute Gasteiger partial charge is 0.119 e. The number of phenolic OH excluding ortho intramolecular Hbond substituents is 1. The summed E-state index contributed by atoms with van der Waals surface area (Å²) in [5.74, 6) is 0.479. The number of fused-ring (bicyclic) bond motifs is 4. The molecule has 1 fully saturated rings. The third-order valence-corrected chi connectivity index (χ3v) is 4.06. The van der Waals surface area contributed by atoms with Gasteiger partial charge in [0.05, 0.1) is 0 Å². The maximum absolute atomic E-state index is 9.90. The van der Waals surface area contributed by atoms with Gasteiger partial charge in [0.2, 0.25) is 0 Å². The van der Waals surface area contributed by atoms with E-state index in [9.17, 15) is 5.11 Å². The molecule has 2 heteroatoms. The van der Waals surface area contributed by atoms with Gasteiger partial charge in [-0.2, -0.15) is 0 Å². The number of aromatic hydroxyl groups is 1. The number of benzene rings is 1. The molecule has 1 aliphatic heterocycles. The van der Waals surface area contributed by atoms with Gasteiger partial charge in [0, 0.05) is 6.04 Å². The summed E-state index contributed by atoms with van der Waals surface area (Å²) in [7, 11) is 0. The number of hydrogen-bond donors (Lipinski definition) is 2. The molecule has 80 valence electrons. The predicted molar refractivity (Wildman–Crippen MR) is 60.2 cm³/mol. The molecule has 2 N–H and O–H groups in total. The van der Waals surface area contributed by atoms with Crippen LogP contribution in [0.4, 0.5) is 0 Å². The first-order valence-corrected chi connectivity index (χ1v) is 5.74. The zero-order chi connectivity index (χ0) is 10.5. The molecule has 2 aliphatic rings. The summed E-state index contributed by atoms with van der Waals surface area (Å²) in [6, 6.07) is 6.53. The Morgan fingerprint density at radius 1 is 1.47 bits per heavy atom. The quantitative estimate of drug-likeness (QED) is 0.675. The normalized spacial score (nSPS) is 33.5. The average Bonchev–Trinajstić information content (AvgIpc) is 2.20. The van der Waals surface area contributed by atoms with Crippen molar-refractivity contribution in [1.29, 1.82) is 0 Å². The Morgan fingerprint density at radius 2 is 2.33 bits per heavy atom. The molecule has 0 spiro atoms. The lowest BCUT2D eigenvalue weighted by molar-refractivity contribution is 0.246. The monoisotopic (exact) mass is 203 g/mol. The van der Waals surface area contributed by atoms with Crippen molar-refractivity contribution in [2.24, 2.45) is 0 Å².